The number of aryl methyl sites for hydroxylation is 1. The average Bonchev–Trinajstić information content (AvgIpc) is 3.51. The van der Waals surface area contributed by atoms with Crippen LogP contribution in [0.2, 0.25) is 10.0 Å². The number of aromatic hydroxyl groups is 1. The fraction of sp³-hybridized carbons (Fsp3) is 0.250. The molecule has 2 aliphatic heterocycles. The minimum Gasteiger partial charge on any atom is -0.508 e. The zero-order valence-electron chi connectivity index (χ0n) is 28.6. The van der Waals surface area contributed by atoms with Crippen LogP contribution in [0.4, 0.5) is 28.9 Å². The van der Waals surface area contributed by atoms with Gasteiger partial charge in [0.15, 0.2) is 0 Å². The van der Waals surface area contributed by atoms with Crippen molar-refractivity contribution in [1.82, 2.24) is 5.01 Å². The van der Waals surface area contributed by atoms with Crippen molar-refractivity contribution >= 4 is 58.2 Å². The average molecular weight is 795 g/mol. The number of phenols is 1. The van der Waals surface area contributed by atoms with E-state index in [0.29, 0.717) is 10.6 Å². The number of hydrogen-bond donors (Lipinski definition) is 2. The summed E-state index contributed by atoms with van der Waals surface area (Å²) < 4.78 is 58.9. The van der Waals surface area contributed by atoms with Gasteiger partial charge in [0.25, 0.3) is 11.8 Å². The Bertz CT molecular complexity index is 2320. The molecular weight excluding hydrogens is 765 g/mol. The molecule has 2 saturated heterocycles. The maximum Gasteiger partial charge on any atom is 0.573 e. The Morgan fingerprint density at radius 3 is 2.25 bits per heavy atom. The van der Waals surface area contributed by atoms with Crippen LogP contribution in [0.5, 0.6) is 11.5 Å². The molecule has 8 rings (SSSR count). The second-order valence-corrected chi connectivity index (χ2v) is 14.9. The fourth-order valence-electron chi connectivity index (χ4n) is 8.94. The Labute approximate surface area is 321 Å². The minimum absolute atomic E-state index is 0.00815. The van der Waals surface area contributed by atoms with Crippen LogP contribution in [0.3, 0.4) is 0 Å². The number of fused-ring (bicyclic) bond motifs is 4. The third-order valence-electron chi connectivity index (χ3n) is 11.2. The van der Waals surface area contributed by atoms with Gasteiger partial charge in [-0.1, -0.05) is 53.1 Å². The Hall–Kier alpha value is -5.40. The standard InChI is InChI=1S/C40H29Cl2F4N3O6/c1-19-2-11-24(16-31(19)42)48-35(51)27-14-13-26-28(33(27)37(48)53)18-30-36(52)49(47-23-9-7-22(43)8-10-23)38(54)39(30,20-3-5-21(41)6-4-20)34(26)29-17-25(12-15-32(29)50)55-40(44,45)46/h2-13,15-17,27-28,30,33-34,47,50H,14,18H2,1H3. The first-order chi connectivity index (χ1) is 26.1. The number of allylic oxidation sites excluding steroid dienone is 2. The van der Waals surface area contributed by atoms with Crippen LogP contribution < -0.4 is 15.1 Å². The van der Waals surface area contributed by atoms with Gasteiger partial charge in [0.2, 0.25) is 11.8 Å². The Morgan fingerprint density at radius 2 is 1.58 bits per heavy atom. The van der Waals surface area contributed by atoms with Crippen molar-refractivity contribution in [2.45, 2.75) is 37.5 Å². The monoisotopic (exact) mass is 793 g/mol. The van der Waals surface area contributed by atoms with Crippen molar-refractivity contribution in [3.05, 3.63) is 129 Å². The molecule has 1 saturated carbocycles. The zero-order chi connectivity index (χ0) is 39.1. The number of ether oxygens (including phenoxy) is 1. The van der Waals surface area contributed by atoms with Crippen molar-refractivity contribution in [3.63, 3.8) is 0 Å². The lowest BCUT2D eigenvalue weighted by atomic mass is 9.49. The molecule has 0 spiro atoms. The van der Waals surface area contributed by atoms with Gasteiger partial charge in [-0.3, -0.25) is 24.6 Å². The first-order valence-electron chi connectivity index (χ1n) is 17.2. The molecule has 2 N–H and O–H groups in total. The summed E-state index contributed by atoms with van der Waals surface area (Å²) in [6.45, 7) is 1.77. The fourth-order valence-corrected chi connectivity index (χ4v) is 9.24. The molecule has 0 bridgehead atoms. The number of amides is 4. The number of hydrogen-bond acceptors (Lipinski definition) is 7. The highest BCUT2D eigenvalue weighted by Crippen LogP contribution is 2.65. The van der Waals surface area contributed by atoms with Gasteiger partial charge in [-0.05, 0) is 104 Å². The summed E-state index contributed by atoms with van der Waals surface area (Å²) in [6, 6.07) is 18.6. The van der Waals surface area contributed by atoms with E-state index in [1.165, 1.54) is 42.5 Å². The molecule has 4 aromatic rings. The summed E-state index contributed by atoms with van der Waals surface area (Å²) in [5, 5.41) is 12.9. The Balaban J connectivity index is 1.34. The molecular formula is C40H29Cl2F4N3O6. The summed E-state index contributed by atoms with van der Waals surface area (Å²) >= 11 is 12.7. The second-order valence-electron chi connectivity index (χ2n) is 14.1. The zero-order valence-corrected chi connectivity index (χ0v) is 30.1. The SMILES string of the molecule is Cc1ccc(N2C(=O)C3CC=C4C(CC5C(=O)N(Nc6ccc(F)cc6)C(=O)C5(c5ccc(Cl)cc5)C4c4cc(OC(F)(F)F)ccc4O)C3C2=O)cc1Cl. The topological polar surface area (TPSA) is 116 Å². The summed E-state index contributed by atoms with van der Waals surface area (Å²) in [5.41, 5.74) is 2.43. The van der Waals surface area contributed by atoms with E-state index in [-0.39, 0.29) is 40.4 Å². The predicted octanol–water partition coefficient (Wildman–Crippen LogP) is 8.23. The van der Waals surface area contributed by atoms with E-state index in [0.717, 1.165) is 45.8 Å². The number of carbonyl (C=O) groups excluding carboxylic acids is 4. The van der Waals surface area contributed by atoms with Crippen LogP contribution in [0.1, 0.15) is 35.4 Å². The van der Waals surface area contributed by atoms with Crippen LogP contribution in [-0.2, 0) is 24.6 Å². The number of rotatable bonds is 6. The van der Waals surface area contributed by atoms with Crippen molar-refractivity contribution in [2.75, 3.05) is 10.3 Å². The number of hydrazine groups is 1. The third kappa shape index (κ3) is 5.83. The molecule has 9 nitrogen and oxygen atoms in total. The molecule has 6 unspecified atom stereocenters. The lowest BCUT2D eigenvalue weighted by molar-refractivity contribution is -0.274. The summed E-state index contributed by atoms with van der Waals surface area (Å²) in [4.78, 5) is 59.6. The van der Waals surface area contributed by atoms with Gasteiger partial charge in [0.05, 0.1) is 34.5 Å². The van der Waals surface area contributed by atoms with Crippen LogP contribution in [0.25, 0.3) is 0 Å². The lowest BCUT2D eigenvalue weighted by Crippen LogP contribution is -2.53. The lowest BCUT2D eigenvalue weighted by Gasteiger charge is -2.50. The van der Waals surface area contributed by atoms with Crippen LogP contribution >= 0.6 is 23.2 Å². The number of phenolic OH excluding ortho intramolecular Hbond substituents is 1. The van der Waals surface area contributed by atoms with Gasteiger partial charge in [-0.15, -0.1) is 13.2 Å². The smallest absolute Gasteiger partial charge is 0.508 e. The highest BCUT2D eigenvalue weighted by molar-refractivity contribution is 6.32. The quantitative estimate of drug-likeness (QED) is 0.115. The van der Waals surface area contributed by atoms with Crippen LogP contribution in [0, 0.1) is 36.4 Å². The Morgan fingerprint density at radius 1 is 0.873 bits per heavy atom. The van der Waals surface area contributed by atoms with Crippen molar-refractivity contribution < 1.29 is 46.6 Å². The van der Waals surface area contributed by atoms with E-state index in [1.807, 2.05) is 0 Å². The van der Waals surface area contributed by atoms with Gasteiger partial charge in [0, 0.05) is 21.5 Å². The number of halogens is 6. The number of carbonyl (C=O) groups is 4. The maximum absolute atomic E-state index is 15.2. The van der Waals surface area contributed by atoms with Gasteiger partial charge in [0.1, 0.15) is 17.3 Å². The van der Waals surface area contributed by atoms with Crippen molar-refractivity contribution in [3.8, 4) is 11.5 Å². The van der Waals surface area contributed by atoms with E-state index in [9.17, 15) is 37.1 Å². The molecule has 3 fully saturated rings. The first-order valence-corrected chi connectivity index (χ1v) is 17.9. The molecule has 15 heteroatoms. The molecule has 4 aromatic carbocycles. The largest absolute Gasteiger partial charge is 0.573 e. The number of imide groups is 2. The Kier molecular flexibility index (Phi) is 8.73. The van der Waals surface area contributed by atoms with Crippen LogP contribution in [0.15, 0.2) is 96.6 Å². The third-order valence-corrected chi connectivity index (χ3v) is 11.9. The number of nitrogens with one attached hydrogen (secondary N) is 1. The molecule has 0 radical (unpaired) electrons. The molecule has 4 amide bonds. The first kappa shape index (κ1) is 36.6. The molecule has 2 aliphatic carbocycles. The summed E-state index contributed by atoms with van der Waals surface area (Å²) in [5.74, 6) is -9.93. The minimum atomic E-state index is -5.12. The molecule has 282 valence electrons. The maximum atomic E-state index is 15.2. The number of anilines is 2. The van der Waals surface area contributed by atoms with E-state index < -0.39 is 82.3 Å². The van der Waals surface area contributed by atoms with Gasteiger partial charge in [-0.25, -0.2) is 9.29 Å². The van der Waals surface area contributed by atoms with Gasteiger partial charge >= 0.3 is 6.36 Å². The van der Waals surface area contributed by atoms with E-state index in [4.69, 9.17) is 23.2 Å². The summed E-state index contributed by atoms with van der Waals surface area (Å²) in [6.07, 6.45) is -3.57. The number of alkyl halides is 3. The number of benzene rings is 4. The van der Waals surface area contributed by atoms with E-state index in [2.05, 4.69) is 10.2 Å². The predicted molar refractivity (Wildman–Crippen MR) is 192 cm³/mol. The molecule has 4 aliphatic rings. The van der Waals surface area contributed by atoms with E-state index in [1.54, 1.807) is 25.1 Å². The van der Waals surface area contributed by atoms with Gasteiger partial charge in [-0.2, -0.15) is 5.01 Å². The molecule has 55 heavy (non-hydrogen) atoms. The van der Waals surface area contributed by atoms with Crippen molar-refractivity contribution in [1.29, 1.82) is 0 Å². The van der Waals surface area contributed by atoms with E-state index >= 15 is 4.79 Å². The molecule has 0 aromatic heterocycles. The molecule has 6 atom stereocenters. The highest BCUT2D eigenvalue weighted by atomic mass is 35.5. The number of nitrogens with zero attached hydrogens (tertiary/aromatic N) is 2. The normalized spacial score (nSPS) is 26.1. The van der Waals surface area contributed by atoms with Crippen molar-refractivity contribution in [2.24, 2.45) is 23.7 Å². The summed E-state index contributed by atoms with van der Waals surface area (Å²) in [7, 11) is 0. The van der Waals surface area contributed by atoms with Gasteiger partial charge < -0.3 is 9.84 Å². The second kappa shape index (κ2) is 13.1. The highest BCUT2D eigenvalue weighted by Gasteiger charge is 2.70. The van der Waals surface area contributed by atoms with Crippen LogP contribution in [-0.4, -0.2) is 40.1 Å². The molecule has 2 heterocycles.